The molecule has 0 aliphatic rings. The zero-order chi connectivity index (χ0) is 10.7. The largest absolute Gasteiger partial charge is 0.366 e. The summed E-state index contributed by atoms with van der Waals surface area (Å²) in [5, 5.41) is 0. The quantitative estimate of drug-likeness (QED) is 0.861. The van der Waals surface area contributed by atoms with Crippen molar-refractivity contribution in [3.05, 3.63) is 54.4 Å². The van der Waals surface area contributed by atoms with Gasteiger partial charge in [-0.15, -0.1) is 0 Å². The van der Waals surface area contributed by atoms with E-state index in [-0.39, 0.29) is 5.75 Å². The van der Waals surface area contributed by atoms with E-state index in [1.807, 2.05) is 30.3 Å². The molecule has 0 spiro atoms. The van der Waals surface area contributed by atoms with Gasteiger partial charge < -0.3 is 4.98 Å². The molecule has 0 unspecified atom stereocenters. The zero-order valence-electron chi connectivity index (χ0n) is 8.05. The van der Waals surface area contributed by atoms with Gasteiger partial charge in [-0.05, 0) is 11.6 Å². The van der Waals surface area contributed by atoms with E-state index in [9.17, 15) is 8.42 Å². The average molecular weight is 221 g/mol. The molecule has 0 amide bonds. The lowest BCUT2D eigenvalue weighted by Crippen LogP contribution is -2.03. The van der Waals surface area contributed by atoms with Crippen LogP contribution in [0.25, 0.3) is 0 Å². The number of hydrogen-bond donors (Lipinski definition) is 1. The first-order chi connectivity index (χ1) is 7.18. The second kappa shape index (κ2) is 3.90. The minimum atomic E-state index is -3.20. The van der Waals surface area contributed by atoms with Crippen molar-refractivity contribution in [1.29, 1.82) is 0 Å². The van der Waals surface area contributed by atoms with Crippen LogP contribution in [-0.4, -0.2) is 13.4 Å². The third-order valence-electron chi connectivity index (χ3n) is 2.13. The van der Waals surface area contributed by atoms with Crippen LogP contribution in [0.4, 0.5) is 0 Å². The molecule has 0 radical (unpaired) electrons. The van der Waals surface area contributed by atoms with Crippen molar-refractivity contribution in [1.82, 2.24) is 4.98 Å². The van der Waals surface area contributed by atoms with Gasteiger partial charge in [-0.1, -0.05) is 30.3 Å². The lowest BCUT2D eigenvalue weighted by atomic mass is 10.2. The molecule has 0 saturated heterocycles. The molecule has 3 nitrogen and oxygen atoms in total. The SMILES string of the molecule is O=S(=O)(Cc1ccccc1)c1cc[nH]c1. The molecule has 1 aromatic heterocycles. The van der Waals surface area contributed by atoms with E-state index in [2.05, 4.69) is 4.98 Å². The van der Waals surface area contributed by atoms with E-state index in [4.69, 9.17) is 0 Å². The predicted octanol–water partition coefficient (Wildman–Crippen LogP) is 1.99. The number of aromatic nitrogens is 1. The van der Waals surface area contributed by atoms with Crippen molar-refractivity contribution >= 4 is 9.84 Å². The summed E-state index contributed by atoms with van der Waals surface area (Å²) in [5.74, 6) is 0.0473. The molecule has 78 valence electrons. The Bertz CT molecular complexity index is 515. The Kier molecular flexibility index (Phi) is 2.60. The number of sulfone groups is 1. The normalized spacial score (nSPS) is 11.5. The van der Waals surface area contributed by atoms with Crippen LogP contribution >= 0.6 is 0 Å². The van der Waals surface area contributed by atoms with Crippen molar-refractivity contribution in [3.63, 3.8) is 0 Å². The molecule has 0 atom stereocenters. The van der Waals surface area contributed by atoms with Gasteiger partial charge >= 0.3 is 0 Å². The van der Waals surface area contributed by atoms with Crippen molar-refractivity contribution in [3.8, 4) is 0 Å². The maximum atomic E-state index is 11.8. The summed E-state index contributed by atoms with van der Waals surface area (Å²) in [6, 6.07) is 10.7. The second-order valence-corrected chi connectivity index (χ2v) is 5.28. The fourth-order valence-corrected chi connectivity index (χ4v) is 2.70. The molecule has 1 N–H and O–H groups in total. The first kappa shape index (κ1) is 9.98. The van der Waals surface area contributed by atoms with Crippen LogP contribution in [0.15, 0.2) is 53.7 Å². The minimum absolute atomic E-state index is 0.0473. The van der Waals surface area contributed by atoms with Crippen molar-refractivity contribution < 1.29 is 8.42 Å². The van der Waals surface area contributed by atoms with E-state index in [1.54, 1.807) is 12.3 Å². The number of nitrogens with one attached hydrogen (secondary N) is 1. The Labute approximate surface area is 88.7 Å². The lowest BCUT2D eigenvalue weighted by molar-refractivity contribution is 0.595. The lowest BCUT2D eigenvalue weighted by Gasteiger charge is -2.01. The number of rotatable bonds is 3. The van der Waals surface area contributed by atoms with Crippen molar-refractivity contribution in [2.24, 2.45) is 0 Å². The summed E-state index contributed by atoms with van der Waals surface area (Å²) >= 11 is 0. The highest BCUT2D eigenvalue weighted by Crippen LogP contribution is 2.14. The molecule has 4 heteroatoms. The van der Waals surface area contributed by atoms with Gasteiger partial charge in [-0.3, -0.25) is 0 Å². The smallest absolute Gasteiger partial charge is 0.184 e. The maximum Gasteiger partial charge on any atom is 0.184 e. The standard InChI is InChI=1S/C11H11NO2S/c13-15(14,11-6-7-12-8-11)9-10-4-2-1-3-5-10/h1-8,12H,9H2. The first-order valence-electron chi connectivity index (χ1n) is 4.58. The van der Waals surface area contributed by atoms with Gasteiger partial charge in [-0.2, -0.15) is 0 Å². The van der Waals surface area contributed by atoms with Gasteiger partial charge in [0.1, 0.15) is 0 Å². The number of aromatic amines is 1. The Balaban J connectivity index is 2.27. The van der Waals surface area contributed by atoms with Gasteiger partial charge in [-0.25, -0.2) is 8.42 Å². The predicted molar refractivity (Wildman–Crippen MR) is 58.1 cm³/mol. The Morgan fingerprint density at radius 3 is 2.40 bits per heavy atom. The molecule has 0 aliphatic heterocycles. The van der Waals surface area contributed by atoms with E-state index in [0.717, 1.165) is 5.56 Å². The molecule has 0 aliphatic carbocycles. The van der Waals surface area contributed by atoms with Crippen LogP contribution in [0.5, 0.6) is 0 Å². The Morgan fingerprint density at radius 1 is 1.07 bits per heavy atom. The fourth-order valence-electron chi connectivity index (χ4n) is 1.38. The van der Waals surface area contributed by atoms with Gasteiger partial charge in [0.2, 0.25) is 0 Å². The summed E-state index contributed by atoms with van der Waals surface area (Å²) < 4.78 is 23.7. The van der Waals surface area contributed by atoms with Crippen molar-refractivity contribution in [2.75, 3.05) is 0 Å². The van der Waals surface area contributed by atoms with Crippen LogP contribution in [0.2, 0.25) is 0 Å². The summed E-state index contributed by atoms with van der Waals surface area (Å²) in [6.45, 7) is 0. The fraction of sp³-hybridized carbons (Fsp3) is 0.0909. The number of hydrogen-bond acceptors (Lipinski definition) is 2. The van der Waals surface area contributed by atoms with Crippen LogP contribution in [0.1, 0.15) is 5.56 Å². The molecule has 2 aromatic rings. The summed E-state index contributed by atoms with van der Waals surface area (Å²) in [6.07, 6.45) is 3.11. The second-order valence-electron chi connectivity index (χ2n) is 3.29. The van der Waals surface area contributed by atoms with Gasteiger partial charge in [0.05, 0.1) is 10.6 Å². The van der Waals surface area contributed by atoms with E-state index in [0.29, 0.717) is 4.90 Å². The van der Waals surface area contributed by atoms with Crippen molar-refractivity contribution in [2.45, 2.75) is 10.6 Å². The molecular formula is C11H11NO2S. The molecule has 0 fully saturated rings. The minimum Gasteiger partial charge on any atom is -0.366 e. The maximum absolute atomic E-state index is 11.8. The van der Waals surface area contributed by atoms with Crippen LogP contribution in [-0.2, 0) is 15.6 Å². The summed E-state index contributed by atoms with van der Waals surface area (Å²) in [7, 11) is -3.20. The molecule has 1 heterocycles. The highest BCUT2D eigenvalue weighted by Gasteiger charge is 2.14. The third-order valence-corrected chi connectivity index (χ3v) is 3.81. The van der Waals surface area contributed by atoms with Gasteiger partial charge in [0.25, 0.3) is 0 Å². The summed E-state index contributed by atoms with van der Waals surface area (Å²) in [4.78, 5) is 3.08. The molecule has 2 rings (SSSR count). The average Bonchev–Trinajstić information content (AvgIpc) is 2.71. The molecule has 15 heavy (non-hydrogen) atoms. The van der Waals surface area contributed by atoms with E-state index < -0.39 is 9.84 Å². The van der Waals surface area contributed by atoms with Gasteiger partial charge in [0.15, 0.2) is 9.84 Å². The number of H-pyrrole nitrogens is 1. The topological polar surface area (TPSA) is 49.9 Å². The van der Waals surface area contributed by atoms with Crippen LogP contribution in [0, 0.1) is 0 Å². The monoisotopic (exact) mass is 221 g/mol. The first-order valence-corrected chi connectivity index (χ1v) is 6.23. The highest BCUT2D eigenvalue weighted by molar-refractivity contribution is 7.90. The molecule has 1 aromatic carbocycles. The molecule has 0 bridgehead atoms. The van der Waals surface area contributed by atoms with E-state index in [1.165, 1.54) is 6.20 Å². The van der Waals surface area contributed by atoms with Crippen LogP contribution in [0.3, 0.4) is 0 Å². The zero-order valence-corrected chi connectivity index (χ0v) is 8.87. The number of benzene rings is 1. The Hall–Kier alpha value is -1.55. The third kappa shape index (κ3) is 2.27. The van der Waals surface area contributed by atoms with Crippen LogP contribution < -0.4 is 0 Å². The highest BCUT2D eigenvalue weighted by atomic mass is 32.2. The van der Waals surface area contributed by atoms with E-state index >= 15 is 0 Å². The van der Waals surface area contributed by atoms with Gasteiger partial charge in [0, 0.05) is 12.4 Å². The summed E-state index contributed by atoms with van der Waals surface area (Å²) in [5.41, 5.74) is 0.804. The molecular weight excluding hydrogens is 210 g/mol. The Morgan fingerprint density at radius 2 is 1.80 bits per heavy atom. The molecule has 0 saturated carbocycles.